The Morgan fingerprint density at radius 3 is 2.55 bits per heavy atom. The number of likely N-dealkylation sites (N-methyl/N-ethyl adjacent to an activating group) is 1. The number of carbonyl (C=O) groups excluding carboxylic acids is 2. The van der Waals surface area contributed by atoms with Gasteiger partial charge in [0.15, 0.2) is 0 Å². The van der Waals surface area contributed by atoms with Crippen LogP contribution >= 0.6 is 15.9 Å². The highest BCUT2D eigenvalue weighted by atomic mass is 79.9. The van der Waals surface area contributed by atoms with Crippen molar-refractivity contribution in [1.29, 1.82) is 0 Å². The quantitative estimate of drug-likeness (QED) is 0.882. The van der Waals surface area contributed by atoms with Crippen molar-refractivity contribution >= 4 is 27.9 Å². The van der Waals surface area contributed by atoms with Crippen LogP contribution in [0, 0.1) is 0 Å². The highest BCUT2D eigenvalue weighted by Gasteiger charge is 2.20. The third-order valence-electron chi connectivity index (χ3n) is 2.73. The number of nitrogens with one attached hydrogen (secondary N) is 1. The standard InChI is InChI=1S/C16H23BrN2O3/c1-11(18-15(21)22-16(2,3)4)10-19(5)14(20)12-7-6-8-13(17)9-12/h6-9,11H,10H2,1-5H3,(H,18,21)/t11-/m0/s1. The van der Waals surface area contributed by atoms with Crippen molar-refractivity contribution in [3.8, 4) is 0 Å². The zero-order valence-corrected chi connectivity index (χ0v) is 15.2. The summed E-state index contributed by atoms with van der Waals surface area (Å²) in [5.41, 5.74) is 0.0586. The summed E-state index contributed by atoms with van der Waals surface area (Å²) in [6.45, 7) is 7.64. The fourth-order valence-electron chi connectivity index (χ4n) is 1.89. The molecule has 0 bridgehead atoms. The lowest BCUT2D eigenvalue weighted by Crippen LogP contribution is -2.44. The van der Waals surface area contributed by atoms with Gasteiger partial charge >= 0.3 is 6.09 Å². The normalized spacial score (nSPS) is 12.5. The van der Waals surface area contributed by atoms with Gasteiger partial charge in [0.05, 0.1) is 0 Å². The zero-order chi connectivity index (χ0) is 16.9. The molecular formula is C16H23BrN2O3. The number of ether oxygens (including phenoxy) is 1. The number of carbonyl (C=O) groups is 2. The van der Waals surface area contributed by atoms with E-state index in [2.05, 4.69) is 21.2 Å². The molecular weight excluding hydrogens is 348 g/mol. The third-order valence-corrected chi connectivity index (χ3v) is 3.22. The largest absolute Gasteiger partial charge is 0.444 e. The minimum absolute atomic E-state index is 0.0980. The van der Waals surface area contributed by atoms with Crippen LogP contribution in [0.4, 0.5) is 4.79 Å². The van der Waals surface area contributed by atoms with Crippen LogP contribution in [0.1, 0.15) is 38.1 Å². The van der Waals surface area contributed by atoms with Gasteiger partial charge in [-0.2, -0.15) is 0 Å². The molecule has 0 fully saturated rings. The first-order valence-corrected chi connectivity index (χ1v) is 7.88. The Bertz CT molecular complexity index is 540. The van der Waals surface area contributed by atoms with E-state index < -0.39 is 11.7 Å². The molecule has 122 valence electrons. The van der Waals surface area contributed by atoms with Crippen molar-refractivity contribution in [3.63, 3.8) is 0 Å². The van der Waals surface area contributed by atoms with E-state index in [1.165, 1.54) is 0 Å². The number of nitrogens with zero attached hydrogens (tertiary/aromatic N) is 1. The zero-order valence-electron chi connectivity index (χ0n) is 13.6. The van der Waals surface area contributed by atoms with Gasteiger partial charge in [-0.3, -0.25) is 4.79 Å². The van der Waals surface area contributed by atoms with E-state index in [9.17, 15) is 9.59 Å². The van der Waals surface area contributed by atoms with Crippen molar-refractivity contribution in [1.82, 2.24) is 10.2 Å². The molecule has 0 unspecified atom stereocenters. The summed E-state index contributed by atoms with van der Waals surface area (Å²) in [6, 6.07) is 6.99. The Morgan fingerprint density at radius 1 is 1.36 bits per heavy atom. The van der Waals surface area contributed by atoms with Crippen molar-refractivity contribution in [2.24, 2.45) is 0 Å². The Hall–Kier alpha value is -1.56. The van der Waals surface area contributed by atoms with Gasteiger partial charge in [0.1, 0.15) is 5.60 Å². The maximum Gasteiger partial charge on any atom is 0.407 e. The van der Waals surface area contributed by atoms with Crippen LogP contribution in [-0.4, -0.2) is 42.1 Å². The number of hydrogen-bond acceptors (Lipinski definition) is 3. The fraction of sp³-hybridized carbons (Fsp3) is 0.500. The lowest BCUT2D eigenvalue weighted by atomic mass is 10.2. The summed E-state index contributed by atoms with van der Waals surface area (Å²) in [5.74, 6) is -0.0980. The van der Waals surface area contributed by atoms with Crippen LogP contribution in [0.2, 0.25) is 0 Å². The van der Waals surface area contributed by atoms with Gasteiger partial charge in [-0.15, -0.1) is 0 Å². The molecule has 1 atom stereocenters. The topological polar surface area (TPSA) is 58.6 Å². The van der Waals surface area contributed by atoms with Gasteiger partial charge in [0, 0.05) is 29.7 Å². The average Bonchev–Trinajstić information content (AvgIpc) is 2.34. The summed E-state index contributed by atoms with van der Waals surface area (Å²) in [6.07, 6.45) is -0.483. The third kappa shape index (κ3) is 6.47. The second kappa shape index (κ2) is 7.63. The Kier molecular flexibility index (Phi) is 6.41. The summed E-state index contributed by atoms with van der Waals surface area (Å²) >= 11 is 3.35. The van der Waals surface area contributed by atoms with Gasteiger partial charge in [-0.05, 0) is 45.9 Å². The van der Waals surface area contributed by atoms with E-state index in [0.717, 1.165) is 4.47 Å². The molecule has 0 aliphatic carbocycles. The van der Waals surface area contributed by atoms with E-state index in [4.69, 9.17) is 4.74 Å². The molecule has 0 heterocycles. The molecule has 1 aromatic carbocycles. The molecule has 0 saturated carbocycles. The molecule has 1 aromatic rings. The molecule has 6 heteroatoms. The van der Waals surface area contributed by atoms with Crippen LogP contribution in [0.5, 0.6) is 0 Å². The predicted octanol–water partition coefficient (Wildman–Crippen LogP) is 3.43. The fourth-order valence-corrected chi connectivity index (χ4v) is 2.29. The van der Waals surface area contributed by atoms with Crippen molar-refractivity contribution < 1.29 is 14.3 Å². The second-order valence-electron chi connectivity index (χ2n) is 6.24. The molecule has 1 N–H and O–H groups in total. The number of hydrogen-bond donors (Lipinski definition) is 1. The number of benzene rings is 1. The highest BCUT2D eigenvalue weighted by Crippen LogP contribution is 2.13. The Labute approximate surface area is 140 Å². The number of amides is 2. The maximum atomic E-state index is 12.3. The lowest BCUT2D eigenvalue weighted by Gasteiger charge is -2.25. The minimum Gasteiger partial charge on any atom is -0.444 e. The van der Waals surface area contributed by atoms with Gasteiger partial charge in [0.2, 0.25) is 0 Å². The SMILES string of the molecule is C[C@@H](CN(C)C(=O)c1cccc(Br)c1)NC(=O)OC(C)(C)C. The second-order valence-corrected chi connectivity index (χ2v) is 7.16. The first-order valence-electron chi connectivity index (χ1n) is 7.09. The Morgan fingerprint density at radius 2 is 2.00 bits per heavy atom. The molecule has 0 spiro atoms. The number of rotatable bonds is 4. The van der Waals surface area contributed by atoms with E-state index >= 15 is 0 Å². The van der Waals surface area contributed by atoms with Crippen LogP contribution in [0.25, 0.3) is 0 Å². The molecule has 5 nitrogen and oxygen atoms in total. The number of halogens is 1. The molecule has 0 aliphatic heterocycles. The van der Waals surface area contributed by atoms with E-state index in [0.29, 0.717) is 12.1 Å². The molecule has 0 radical (unpaired) electrons. The van der Waals surface area contributed by atoms with E-state index in [-0.39, 0.29) is 11.9 Å². The summed E-state index contributed by atoms with van der Waals surface area (Å²) in [4.78, 5) is 25.6. The van der Waals surface area contributed by atoms with Crippen LogP contribution in [0.3, 0.4) is 0 Å². The van der Waals surface area contributed by atoms with Crippen molar-refractivity contribution in [2.75, 3.05) is 13.6 Å². The highest BCUT2D eigenvalue weighted by molar-refractivity contribution is 9.10. The summed E-state index contributed by atoms with van der Waals surface area (Å²) < 4.78 is 6.04. The molecule has 2 amide bonds. The minimum atomic E-state index is -0.540. The lowest BCUT2D eigenvalue weighted by molar-refractivity contribution is 0.0491. The smallest absolute Gasteiger partial charge is 0.407 e. The average molecular weight is 371 g/mol. The molecule has 0 aliphatic rings. The van der Waals surface area contributed by atoms with Gasteiger partial charge < -0.3 is 15.0 Å². The van der Waals surface area contributed by atoms with Crippen LogP contribution in [0.15, 0.2) is 28.7 Å². The first kappa shape index (κ1) is 18.5. The van der Waals surface area contributed by atoms with Gasteiger partial charge in [-0.25, -0.2) is 4.79 Å². The van der Waals surface area contributed by atoms with Gasteiger partial charge in [-0.1, -0.05) is 22.0 Å². The monoisotopic (exact) mass is 370 g/mol. The molecule has 1 rings (SSSR count). The Balaban J connectivity index is 2.55. The first-order chi connectivity index (χ1) is 10.1. The van der Waals surface area contributed by atoms with Gasteiger partial charge in [0.25, 0.3) is 5.91 Å². The van der Waals surface area contributed by atoms with Crippen molar-refractivity contribution in [2.45, 2.75) is 39.3 Å². The van der Waals surface area contributed by atoms with Crippen LogP contribution in [-0.2, 0) is 4.74 Å². The summed E-state index contributed by atoms with van der Waals surface area (Å²) in [7, 11) is 1.70. The van der Waals surface area contributed by atoms with Crippen molar-refractivity contribution in [3.05, 3.63) is 34.3 Å². The van der Waals surface area contributed by atoms with E-state index in [1.54, 1.807) is 44.9 Å². The predicted molar refractivity (Wildman–Crippen MR) is 89.9 cm³/mol. The molecule has 0 saturated heterocycles. The molecule has 0 aromatic heterocycles. The van der Waals surface area contributed by atoms with Crippen LogP contribution < -0.4 is 5.32 Å². The van der Waals surface area contributed by atoms with E-state index in [1.807, 2.05) is 19.1 Å². The number of alkyl carbamates (subject to hydrolysis) is 1. The summed E-state index contributed by atoms with van der Waals surface area (Å²) in [5, 5.41) is 2.72. The maximum absolute atomic E-state index is 12.3. The molecule has 22 heavy (non-hydrogen) atoms.